The lowest BCUT2D eigenvalue weighted by molar-refractivity contribution is -0.119. The van der Waals surface area contributed by atoms with Crippen LogP contribution in [0.3, 0.4) is 0 Å². The zero-order valence-corrected chi connectivity index (χ0v) is 8.82. The van der Waals surface area contributed by atoms with E-state index >= 15 is 0 Å². The van der Waals surface area contributed by atoms with Crippen molar-refractivity contribution in [1.82, 2.24) is 4.98 Å². The van der Waals surface area contributed by atoms with Gasteiger partial charge in [-0.15, -0.1) is 0 Å². The average Bonchev–Trinajstić information content (AvgIpc) is 2.29. The third-order valence-corrected chi connectivity index (χ3v) is 2.20. The van der Waals surface area contributed by atoms with Crippen LogP contribution in [0.1, 0.15) is 25.8 Å². The molecule has 0 radical (unpaired) electrons. The predicted molar refractivity (Wildman–Crippen MR) is 57.0 cm³/mol. The smallest absolute Gasteiger partial charge is 0.228 e. The highest BCUT2D eigenvalue weighted by molar-refractivity contribution is 5.91. The van der Waals surface area contributed by atoms with Gasteiger partial charge < -0.3 is 5.32 Å². The molecule has 0 aliphatic heterocycles. The average molecular weight is 203 g/mol. The van der Waals surface area contributed by atoms with E-state index in [1.54, 1.807) is 12.1 Å². The lowest BCUT2D eigenvalue weighted by Gasteiger charge is -2.08. The van der Waals surface area contributed by atoms with Crippen molar-refractivity contribution >= 4 is 11.7 Å². The van der Waals surface area contributed by atoms with Gasteiger partial charge in [-0.25, -0.2) is 4.98 Å². The number of nitriles is 1. The minimum Gasteiger partial charge on any atom is -0.310 e. The second-order valence-corrected chi connectivity index (χ2v) is 3.34. The zero-order valence-electron chi connectivity index (χ0n) is 8.82. The molecule has 0 saturated carbocycles. The number of hydrogen-bond donors (Lipinski definition) is 1. The van der Waals surface area contributed by atoms with Gasteiger partial charge in [-0.1, -0.05) is 13.8 Å². The Morgan fingerprint density at radius 1 is 1.67 bits per heavy atom. The Morgan fingerprint density at radius 3 is 2.87 bits per heavy atom. The molecule has 4 nitrogen and oxygen atoms in total. The van der Waals surface area contributed by atoms with E-state index in [2.05, 4.69) is 10.3 Å². The predicted octanol–water partition coefficient (Wildman–Crippen LogP) is 1.94. The standard InChI is InChI=1S/C11H13N3O/c1-3-8(2)11(15)14-10-5-4-9(6-12)7-13-10/h4-5,7-8H,3H2,1-2H3,(H,13,14,15). The van der Waals surface area contributed by atoms with Gasteiger partial charge in [0.15, 0.2) is 0 Å². The molecule has 1 amide bonds. The van der Waals surface area contributed by atoms with Gasteiger partial charge in [-0.2, -0.15) is 5.26 Å². The highest BCUT2D eigenvalue weighted by atomic mass is 16.1. The van der Waals surface area contributed by atoms with Gasteiger partial charge in [-0.3, -0.25) is 4.79 Å². The van der Waals surface area contributed by atoms with E-state index in [-0.39, 0.29) is 11.8 Å². The topological polar surface area (TPSA) is 65.8 Å². The Kier molecular flexibility index (Phi) is 3.81. The van der Waals surface area contributed by atoms with Crippen LogP contribution in [0.25, 0.3) is 0 Å². The largest absolute Gasteiger partial charge is 0.310 e. The summed E-state index contributed by atoms with van der Waals surface area (Å²) < 4.78 is 0. The number of nitrogens with one attached hydrogen (secondary N) is 1. The summed E-state index contributed by atoms with van der Waals surface area (Å²) in [5.74, 6) is 0.413. The molecule has 0 spiro atoms. The van der Waals surface area contributed by atoms with Crippen molar-refractivity contribution in [2.45, 2.75) is 20.3 Å². The Bertz CT molecular complexity index is 378. The van der Waals surface area contributed by atoms with Gasteiger partial charge in [0.05, 0.1) is 5.56 Å². The summed E-state index contributed by atoms with van der Waals surface area (Å²) in [5, 5.41) is 11.2. The molecule has 1 unspecified atom stereocenters. The summed E-state index contributed by atoms with van der Waals surface area (Å²) in [6.07, 6.45) is 2.23. The monoisotopic (exact) mass is 203 g/mol. The molecule has 0 saturated heterocycles. The normalized spacial score (nSPS) is 11.5. The van der Waals surface area contributed by atoms with Crippen LogP contribution in [0.15, 0.2) is 18.3 Å². The lowest BCUT2D eigenvalue weighted by atomic mass is 10.1. The number of hydrogen-bond acceptors (Lipinski definition) is 3. The summed E-state index contributed by atoms with van der Waals surface area (Å²) in [6.45, 7) is 3.81. The minimum atomic E-state index is -0.0466. The van der Waals surface area contributed by atoms with Crippen LogP contribution in [0.2, 0.25) is 0 Å². The lowest BCUT2D eigenvalue weighted by Crippen LogP contribution is -2.20. The molecular formula is C11H13N3O. The van der Waals surface area contributed by atoms with E-state index in [9.17, 15) is 4.79 Å². The molecule has 0 bridgehead atoms. The molecule has 1 aromatic rings. The van der Waals surface area contributed by atoms with E-state index in [0.717, 1.165) is 6.42 Å². The Balaban J connectivity index is 2.66. The SMILES string of the molecule is CCC(C)C(=O)Nc1ccc(C#N)cn1. The van der Waals surface area contributed by atoms with Gasteiger partial charge in [0, 0.05) is 12.1 Å². The number of nitrogens with zero attached hydrogens (tertiary/aromatic N) is 2. The molecule has 1 aromatic heterocycles. The highest BCUT2D eigenvalue weighted by Gasteiger charge is 2.10. The van der Waals surface area contributed by atoms with Crippen molar-refractivity contribution < 1.29 is 4.79 Å². The van der Waals surface area contributed by atoms with Crippen molar-refractivity contribution in [2.24, 2.45) is 5.92 Å². The number of anilines is 1. The first kappa shape index (κ1) is 11.2. The quantitative estimate of drug-likeness (QED) is 0.816. The maximum Gasteiger partial charge on any atom is 0.228 e. The number of carbonyl (C=O) groups excluding carboxylic acids is 1. The van der Waals surface area contributed by atoms with Crippen molar-refractivity contribution in [2.75, 3.05) is 5.32 Å². The van der Waals surface area contributed by atoms with E-state index in [0.29, 0.717) is 11.4 Å². The molecule has 1 rings (SSSR count). The number of carbonyl (C=O) groups is 1. The first-order valence-electron chi connectivity index (χ1n) is 4.84. The fourth-order valence-corrected chi connectivity index (χ4v) is 0.969. The van der Waals surface area contributed by atoms with E-state index in [1.165, 1.54) is 6.20 Å². The second-order valence-electron chi connectivity index (χ2n) is 3.34. The molecule has 0 aliphatic rings. The van der Waals surface area contributed by atoms with Gasteiger partial charge in [0.25, 0.3) is 0 Å². The Labute approximate surface area is 88.9 Å². The van der Waals surface area contributed by atoms with E-state index in [1.807, 2.05) is 19.9 Å². The van der Waals surface area contributed by atoms with Crippen LogP contribution in [-0.2, 0) is 4.79 Å². The van der Waals surface area contributed by atoms with Crippen LogP contribution in [0.4, 0.5) is 5.82 Å². The van der Waals surface area contributed by atoms with Crippen LogP contribution in [-0.4, -0.2) is 10.9 Å². The van der Waals surface area contributed by atoms with E-state index in [4.69, 9.17) is 5.26 Å². The molecule has 4 heteroatoms. The van der Waals surface area contributed by atoms with Crippen molar-refractivity contribution in [3.8, 4) is 6.07 Å². The van der Waals surface area contributed by atoms with Crippen LogP contribution in [0, 0.1) is 17.2 Å². The summed E-state index contributed by atoms with van der Waals surface area (Å²) >= 11 is 0. The summed E-state index contributed by atoms with van der Waals surface area (Å²) in [6, 6.07) is 5.21. The summed E-state index contributed by atoms with van der Waals surface area (Å²) in [4.78, 5) is 15.4. The maximum absolute atomic E-state index is 11.5. The van der Waals surface area contributed by atoms with Gasteiger partial charge >= 0.3 is 0 Å². The van der Waals surface area contributed by atoms with Crippen LogP contribution >= 0.6 is 0 Å². The van der Waals surface area contributed by atoms with Crippen molar-refractivity contribution in [3.05, 3.63) is 23.9 Å². The molecule has 78 valence electrons. The number of aromatic nitrogens is 1. The maximum atomic E-state index is 11.5. The van der Waals surface area contributed by atoms with E-state index < -0.39 is 0 Å². The minimum absolute atomic E-state index is 0.0255. The molecule has 0 fully saturated rings. The van der Waals surface area contributed by atoms with Gasteiger partial charge in [0.2, 0.25) is 5.91 Å². The Hall–Kier alpha value is -1.89. The second kappa shape index (κ2) is 5.11. The number of rotatable bonds is 3. The molecule has 0 aliphatic carbocycles. The van der Waals surface area contributed by atoms with Gasteiger partial charge in [0.1, 0.15) is 11.9 Å². The first-order valence-corrected chi connectivity index (χ1v) is 4.84. The summed E-state index contributed by atoms with van der Waals surface area (Å²) in [5.41, 5.74) is 0.483. The van der Waals surface area contributed by atoms with Gasteiger partial charge in [-0.05, 0) is 18.6 Å². The fraction of sp³-hybridized carbons (Fsp3) is 0.364. The fourth-order valence-electron chi connectivity index (χ4n) is 0.969. The molecule has 0 aromatic carbocycles. The molecule has 1 N–H and O–H groups in total. The molecule has 1 heterocycles. The number of amides is 1. The number of pyridine rings is 1. The highest BCUT2D eigenvalue weighted by Crippen LogP contribution is 2.08. The van der Waals surface area contributed by atoms with Crippen LogP contribution < -0.4 is 5.32 Å². The summed E-state index contributed by atoms with van der Waals surface area (Å²) in [7, 11) is 0. The third-order valence-electron chi connectivity index (χ3n) is 2.20. The molecule has 1 atom stereocenters. The Morgan fingerprint density at radius 2 is 2.40 bits per heavy atom. The molecular weight excluding hydrogens is 190 g/mol. The van der Waals surface area contributed by atoms with Crippen molar-refractivity contribution in [3.63, 3.8) is 0 Å². The van der Waals surface area contributed by atoms with Crippen molar-refractivity contribution in [1.29, 1.82) is 5.26 Å². The first-order chi connectivity index (χ1) is 7.17. The zero-order chi connectivity index (χ0) is 11.3. The van der Waals surface area contributed by atoms with Crippen LogP contribution in [0.5, 0.6) is 0 Å². The molecule has 15 heavy (non-hydrogen) atoms. The third kappa shape index (κ3) is 3.06.